The van der Waals surface area contributed by atoms with Crippen LogP contribution in [0.4, 0.5) is 0 Å². The van der Waals surface area contributed by atoms with Crippen molar-refractivity contribution in [3.8, 4) is 0 Å². The summed E-state index contributed by atoms with van der Waals surface area (Å²) < 4.78 is 0. The molecule has 0 radical (unpaired) electrons. The Morgan fingerprint density at radius 3 is 0.952 bits per heavy atom. The van der Waals surface area contributed by atoms with Gasteiger partial charge in [0.1, 0.15) is 0 Å². The van der Waals surface area contributed by atoms with Crippen molar-refractivity contribution < 1.29 is 0 Å². The van der Waals surface area contributed by atoms with Gasteiger partial charge >= 0.3 is 0 Å². The highest BCUT2D eigenvalue weighted by Crippen LogP contribution is 2.62. The zero-order valence-corrected chi connectivity index (χ0v) is 14.1. The van der Waals surface area contributed by atoms with E-state index >= 15 is 0 Å². The van der Waals surface area contributed by atoms with Gasteiger partial charge in [-0.25, -0.2) is 0 Å². The second-order valence-corrected chi connectivity index (χ2v) is 11.3. The lowest BCUT2D eigenvalue weighted by Gasteiger charge is -2.58. The summed E-state index contributed by atoms with van der Waals surface area (Å²) in [7, 11) is 0. The Kier molecular flexibility index (Phi) is 2.70. The predicted molar refractivity (Wildman–Crippen MR) is 89.3 cm³/mol. The molecule has 0 amide bonds. The van der Waals surface area contributed by atoms with Crippen molar-refractivity contribution in [2.75, 3.05) is 0 Å². The minimum atomic E-state index is 1.10. The summed E-state index contributed by atoms with van der Waals surface area (Å²) in [5, 5.41) is 2.20. The fourth-order valence-corrected chi connectivity index (χ4v) is 10.5. The lowest BCUT2D eigenvalue weighted by Crippen LogP contribution is -2.51. The average Bonchev–Trinajstić information content (AvgIpc) is 2.43. The molecule has 0 aromatic heterocycles. The average molecular weight is 303 g/mol. The van der Waals surface area contributed by atoms with E-state index in [4.69, 9.17) is 0 Å². The van der Waals surface area contributed by atoms with E-state index in [9.17, 15) is 0 Å². The van der Waals surface area contributed by atoms with Gasteiger partial charge in [-0.15, -0.1) is 0 Å². The van der Waals surface area contributed by atoms with E-state index in [2.05, 4.69) is 11.8 Å². The van der Waals surface area contributed by atoms with E-state index < -0.39 is 0 Å². The van der Waals surface area contributed by atoms with E-state index in [1.807, 2.05) is 0 Å². The maximum atomic E-state index is 2.57. The zero-order chi connectivity index (χ0) is 13.6. The summed E-state index contributed by atoms with van der Waals surface area (Å²) >= 11 is 2.57. The molecule has 0 aromatic carbocycles. The summed E-state index contributed by atoms with van der Waals surface area (Å²) in [4.78, 5) is 0. The highest BCUT2D eigenvalue weighted by molar-refractivity contribution is 8.00. The summed E-state index contributed by atoms with van der Waals surface area (Å²) in [5.41, 5.74) is 0. The van der Waals surface area contributed by atoms with Gasteiger partial charge in [0, 0.05) is 10.5 Å². The fourth-order valence-electron chi connectivity index (χ4n) is 8.38. The lowest BCUT2D eigenvalue weighted by molar-refractivity contribution is 0.0169. The number of hydrogen-bond acceptors (Lipinski definition) is 1. The normalized spacial score (nSPS) is 63.4. The van der Waals surface area contributed by atoms with Crippen LogP contribution in [0.3, 0.4) is 0 Å². The first-order valence-corrected chi connectivity index (χ1v) is 10.9. The molecule has 8 saturated carbocycles. The molecule has 0 unspecified atom stereocenters. The largest absolute Gasteiger partial charge is 0.154 e. The first-order valence-electron chi connectivity index (χ1n) is 9.97. The fraction of sp³-hybridized carbons (Fsp3) is 1.00. The number of rotatable bonds is 2. The van der Waals surface area contributed by atoms with Crippen molar-refractivity contribution in [2.45, 2.75) is 74.7 Å². The molecule has 0 spiro atoms. The van der Waals surface area contributed by atoms with Gasteiger partial charge in [-0.05, 0) is 112 Å². The zero-order valence-electron chi connectivity index (χ0n) is 13.3. The molecule has 8 rings (SSSR count). The van der Waals surface area contributed by atoms with Gasteiger partial charge in [-0.2, -0.15) is 11.8 Å². The van der Waals surface area contributed by atoms with Gasteiger partial charge in [-0.1, -0.05) is 0 Å². The molecule has 8 aliphatic carbocycles. The van der Waals surface area contributed by atoms with Crippen LogP contribution < -0.4 is 0 Å². The first kappa shape index (κ1) is 12.7. The van der Waals surface area contributed by atoms with Crippen molar-refractivity contribution in [3.05, 3.63) is 0 Å². The molecule has 0 atom stereocenters. The van der Waals surface area contributed by atoms with Crippen molar-refractivity contribution in [1.82, 2.24) is 0 Å². The maximum Gasteiger partial charge on any atom is 0.0107 e. The summed E-state index contributed by atoms with van der Waals surface area (Å²) in [6, 6.07) is 0. The molecule has 8 bridgehead atoms. The SMILES string of the molecule is C1C2CC3CC1CC(C2)C3SC1C2CC3CC(C2)CC1C3. The minimum Gasteiger partial charge on any atom is -0.154 e. The molecule has 0 saturated heterocycles. The second kappa shape index (κ2) is 4.46. The third-order valence-corrected chi connectivity index (χ3v) is 10.8. The van der Waals surface area contributed by atoms with Crippen LogP contribution in [0.5, 0.6) is 0 Å². The van der Waals surface area contributed by atoms with Gasteiger partial charge in [-0.3, -0.25) is 0 Å². The molecule has 0 heterocycles. The van der Waals surface area contributed by atoms with Crippen LogP contribution in [0.25, 0.3) is 0 Å². The molecule has 8 fully saturated rings. The highest BCUT2D eigenvalue weighted by Gasteiger charge is 2.53. The van der Waals surface area contributed by atoms with Gasteiger partial charge in [0.05, 0.1) is 0 Å². The Morgan fingerprint density at radius 1 is 0.381 bits per heavy atom. The molecule has 0 aliphatic heterocycles. The van der Waals surface area contributed by atoms with E-state index in [0.717, 1.165) is 57.8 Å². The Morgan fingerprint density at radius 2 is 0.667 bits per heavy atom. The Bertz CT molecular complexity index is 345. The van der Waals surface area contributed by atoms with E-state index in [0.29, 0.717) is 0 Å². The molecular weight excluding hydrogens is 272 g/mol. The maximum absolute atomic E-state index is 2.57. The third kappa shape index (κ3) is 1.88. The predicted octanol–water partition coefficient (Wildman–Crippen LogP) is 5.37. The molecular formula is C20H30S. The van der Waals surface area contributed by atoms with E-state index in [1.165, 1.54) is 0 Å². The molecule has 0 aromatic rings. The third-order valence-electron chi connectivity index (χ3n) is 8.59. The molecule has 0 N–H and O–H groups in total. The van der Waals surface area contributed by atoms with Gasteiger partial charge in [0.15, 0.2) is 0 Å². The van der Waals surface area contributed by atoms with Crippen LogP contribution in [-0.4, -0.2) is 10.5 Å². The van der Waals surface area contributed by atoms with Crippen LogP contribution in [0.1, 0.15) is 64.2 Å². The highest BCUT2D eigenvalue weighted by atomic mass is 32.2. The first-order chi connectivity index (χ1) is 10.3. The van der Waals surface area contributed by atoms with Crippen LogP contribution >= 0.6 is 11.8 Å². The van der Waals surface area contributed by atoms with Gasteiger partial charge in [0.2, 0.25) is 0 Å². The van der Waals surface area contributed by atoms with E-state index in [1.54, 1.807) is 64.2 Å². The van der Waals surface area contributed by atoms with Crippen LogP contribution in [0.2, 0.25) is 0 Å². The Balaban J connectivity index is 1.23. The Hall–Kier alpha value is 0.350. The van der Waals surface area contributed by atoms with Crippen molar-refractivity contribution in [3.63, 3.8) is 0 Å². The van der Waals surface area contributed by atoms with Crippen LogP contribution in [0.15, 0.2) is 0 Å². The molecule has 1 heteroatoms. The van der Waals surface area contributed by atoms with Gasteiger partial charge < -0.3 is 0 Å². The van der Waals surface area contributed by atoms with Crippen molar-refractivity contribution in [1.29, 1.82) is 0 Å². The Labute approximate surface area is 134 Å². The van der Waals surface area contributed by atoms with Crippen molar-refractivity contribution in [2.24, 2.45) is 47.3 Å². The lowest BCUT2D eigenvalue weighted by atomic mass is 9.56. The van der Waals surface area contributed by atoms with E-state index in [-0.39, 0.29) is 0 Å². The standard InChI is InChI=1S/C20H30S/c1-11-3-15-5-12(1)6-16(4-11)19(15)21-20-17-7-13-2-14(9-17)10-18(20)8-13/h11-20H,1-10H2. The number of hydrogen-bond donors (Lipinski definition) is 0. The van der Waals surface area contributed by atoms with Crippen LogP contribution in [-0.2, 0) is 0 Å². The quantitative estimate of drug-likeness (QED) is 0.661. The number of thioether (sulfide) groups is 1. The topological polar surface area (TPSA) is 0 Å². The molecule has 0 nitrogen and oxygen atoms in total. The van der Waals surface area contributed by atoms with Crippen molar-refractivity contribution >= 4 is 11.8 Å². The van der Waals surface area contributed by atoms with Gasteiger partial charge in [0.25, 0.3) is 0 Å². The molecule has 8 aliphatic rings. The summed E-state index contributed by atoms with van der Waals surface area (Å²) in [6.07, 6.45) is 16.2. The minimum absolute atomic E-state index is 1.10. The second-order valence-electron chi connectivity index (χ2n) is 9.93. The van der Waals surface area contributed by atoms with Crippen LogP contribution in [0, 0.1) is 47.3 Å². The molecule has 116 valence electrons. The monoisotopic (exact) mass is 302 g/mol. The smallest absolute Gasteiger partial charge is 0.0107 e. The molecule has 21 heavy (non-hydrogen) atoms. The summed E-state index contributed by atoms with van der Waals surface area (Å²) in [6.45, 7) is 0. The summed E-state index contributed by atoms with van der Waals surface area (Å²) in [5.74, 6) is 9.19.